The van der Waals surface area contributed by atoms with Crippen LogP contribution in [0.25, 0.3) is 0 Å². The standard InChI is InChI=1S/C17H19BrO2/c1-13-3-2-4-15(9-13)17(11-19,12-20)10-14-5-7-16(18)8-6-14/h2-9,19-20H,10-12H2,1H3. The maximum Gasteiger partial charge on any atom is 0.0553 e. The first kappa shape index (κ1) is 15.2. The highest BCUT2D eigenvalue weighted by molar-refractivity contribution is 9.10. The monoisotopic (exact) mass is 334 g/mol. The second-order valence-electron chi connectivity index (χ2n) is 5.27. The van der Waals surface area contributed by atoms with Gasteiger partial charge >= 0.3 is 0 Å². The Morgan fingerprint density at radius 3 is 2.20 bits per heavy atom. The molecule has 2 aromatic carbocycles. The lowest BCUT2D eigenvalue weighted by molar-refractivity contribution is 0.116. The average Bonchev–Trinajstić information content (AvgIpc) is 2.47. The van der Waals surface area contributed by atoms with E-state index in [1.165, 1.54) is 0 Å². The Balaban J connectivity index is 2.36. The van der Waals surface area contributed by atoms with Crippen LogP contribution < -0.4 is 0 Å². The molecule has 2 N–H and O–H groups in total. The Bertz CT molecular complexity index is 559. The zero-order valence-electron chi connectivity index (χ0n) is 11.5. The minimum atomic E-state index is -0.639. The van der Waals surface area contributed by atoms with Crippen molar-refractivity contribution in [1.82, 2.24) is 0 Å². The molecular weight excluding hydrogens is 316 g/mol. The van der Waals surface area contributed by atoms with Crippen LogP contribution in [0.15, 0.2) is 53.0 Å². The maximum atomic E-state index is 9.87. The topological polar surface area (TPSA) is 40.5 Å². The van der Waals surface area contributed by atoms with Gasteiger partial charge in [0.2, 0.25) is 0 Å². The molecule has 0 aliphatic carbocycles. The van der Waals surface area contributed by atoms with Gasteiger partial charge in [0.15, 0.2) is 0 Å². The van der Waals surface area contributed by atoms with Crippen LogP contribution in [0.1, 0.15) is 16.7 Å². The van der Waals surface area contributed by atoms with Crippen LogP contribution >= 0.6 is 15.9 Å². The maximum absolute atomic E-state index is 9.87. The Labute approximate surface area is 128 Å². The van der Waals surface area contributed by atoms with E-state index in [9.17, 15) is 10.2 Å². The normalized spacial score (nSPS) is 11.6. The van der Waals surface area contributed by atoms with E-state index in [-0.39, 0.29) is 13.2 Å². The first-order chi connectivity index (χ1) is 9.59. The van der Waals surface area contributed by atoms with Crippen LogP contribution in [0.4, 0.5) is 0 Å². The van der Waals surface area contributed by atoms with Gasteiger partial charge in [0.1, 0.15) is 0 Å². The molecule has 106 valence electrons. The summed E-state index contributed by atoms with van der Waals surface area (Å²) in [7, 11) is 0. The van der Waals surface area contributed by atoms with Crippen molar-refractivity contribution in [2.24, 2.45) is 0 Å². The second kappa shape index (κ2) is 6.53. The molecule has 0 aromatic heterocycles. The van der Waals surface area contributed by atoms with E-state index < -0.39 is 5.41 Å². The van der Waals surface area contributed by atoms with Crippen molar-refractivity contribution in [3.05, 3.63) is 69.7 Å². The van der Waals surface area contributed by atoms with Crippen molar-refractivity contribution in [3.8, 4) is 0 Å². The molecule has 0 heterocycles. The van der Waals surface area contributed by atoms with E-state index in [0.717, 1.165) is 21.2 Å². The second-order valence-corrected chi connectivity index (χ2v) is 6.18. The predicted molar refractivity (Wildman–Crippen MR) is 84.9 cm³/mol. The van der Waals surface area contributed by atoms with Crippen molar-refractivity contribution < 1.29 is 10.2 Å². The van der Waals surface area contributed by atoms with Crippen LogP contribution in [0, 0.1) is 6.92 Å². The van der Waals surface area contributed by atoms with E-state index in [1.54, 1.807) is 0 Å². The SMILES string of the molecule is Cc1cccc(C(CO)(CO)Cc2ccc(Br)cc2)c1. The molecule has 0 saturated heterocycles. The summed E-state index contributed by atoms with van der Waals surface area (Å²) < 4.78 is 1.02. The van der Waals surface area contributed by atoms with Gasteiger partial charge in [0.05, 0.1) is 13.2 Å². The van der Waals surface area contributed by atoms with Gasteiger partial charge in [-0.15, -0.1) is 0 Å². The van der Waals surface area contributed by atoms with Gasteiger partial charge in [-0.3, -0.25) is 0 Å². The van der Waals surface area contributed by atoms with Crippen molar-refractivity contribution >= 4 is 15.9 Å². The fourth-order valence-electron chi connectivity index (χ4n) is 2.41. The molecular formula is C17H19BrO2. The summed E-state index contributed by atoms with van der Waals surface area (Å²) in [6, 6.07) is 16.0. The molecule has 0 radical (unpaired) electrons. The van der Waals surface area contributed by atoms with Crippen LogP contribution in [0.3, 0.4) is 0 Å². The van der Waals surface area contributed by atoms with Gasteiger partial charge in [-0.2, -0.15) is 0 Å². The third-order valence-corrected chi connectivity index (χ3v) is 4.22. The molecule has 0 aliphatic heterocycles. The Morgan fingerprint density at radius 2 is 1.65 bits per heavy atom. The number of aliphatic hydroxyl groups is 2. The fraction of sp³-hybridized carbons (Fsp3) is 0.294. The van der Waals surface area contributed by atoms with Crippen LogP contribution in [-0.2, 0) is 11.8 Å². The summed E-state index contributed by atoms with van der Waals surface area (Å²) in [6.45, 7) is 1.86. The predicted octanol–water partition coefficient (Wildman–Crippen LogP) is 3.22. The van der Waals surface area contributed by atoms with Gasteiger partial charge in [0, 0.05) is 9.89 Å². The molecule has 2 aromatic rings. The summed E-state index contributed by atoms with van der Waals surface area (Å²) in [5.74, 6) is 0. The van der Waals surface area contributed by atoms with Gasteiger partial charge in [-0.1, -0.05) is 57.9 Å². The lowest BCUT2D eigenvalue weighted by atomic mass is 9.76. The number of hydrogen-bond acceptors (Lipinski definition) is 2. The molecule has 0 fully saturated rings. The summed E-state index contributed by atoms with van der Waals surface area (Å²) in [5, 5.41) is 19.7. The summed E-state index contributed by atoms with van der Waals surface area (Å²) in [5.41, 5.74) is 2.56. The molecule has 20 heavy (non-hydrogen) atoms. The number of halogens is 1. The third-order valence-electron chi connectivity index (χ3n) is 3.69. The molecule has 2 nitrogen and oxygen atoms in total. The summed E-state index contributed by atoms with van der Waals surface area (Å²) in [4.78, 5) is 0. The van der Waals surface area contributed by atoms with Crippen LogP contribution in [0.2, 0.25) is 0 Å². The van der Waals surface area contributed by atoms with Gasteiger partial charge in [-0.05, 0) is 36.6 Å². The van der Waals surface area contributed by atoms with Crippen LogP contribution in [-0.4, -0.2) is 23.4 Å². The lowest BCUT2D eigenvalue weighted by Crippen LogP contribution is -2.37. The van der Waals surface area contributed by atoms with Gasteiger partial charge in [-0.25, -0.2) is 0 Å². The zero-order valence-corrected chi connectivity index (χ0v) is 13.1. The fourth-order valence-corrected chi connectivity index (χ4v) is 2.68. The van der Waals surface area contributed by atoms with E-state index in [1.807, 2.05) is 55.5 Å². The first-order valence-corrected chi connectivity index (χ1v) is 7.42. The Kier molecular flexibility index (Phi) is 4.97. The van der Waals surface area contributed by atoms with Gasteiger partial charge in [0.25, 0.3) is 0 Å². The molecule has 0 atom stereocenters. The first-order valence-electron chi connectivity index (χ1n) is 6.63. The summed E-state index contributed by atoms with van der Waals surface area (Å²) >= 11 is 3.41. The van der Waals surface area contributed by atoms with Crippen molar-refractivity contribution in [3.63, 3.8) is 0 Å². The smallest absolute Gasteiger partial charge is 0.0553 e. The third kappa shape index (κ3) is 3.29. The molecule has 0 bridgehead atoms. The highest BCUT2D eigenvalue weighted by atomic mass is 79.9. The van der Waals surface area contributed by atoms with E-state index in [0.29, 0.717) is 6.42 Å². The number of hydrogen-bond donors (Lipinski definition) is 2. The van der Waals surface area contributed by atoms with E-state index in [4.69, 9.17) is 0 Å². The zero-order chi connectivity index (χ0) is 14.6. The van der Waals surface area contributed by atoms with E-state index in [2.05, 4.69) is 15.9 Å². The van der Waals surface area contributed by atoms with Crippen LogP contribution in [0.5, 0.6) is 0 Å². The Hall–Kier alpha value is -1.16. The molecule has 0 aliphatic rings. The van der Waals surface area contributed by atoms with Crippen molar-refractivity contribution in [2.45, 2.75) is 18.8 Å². The molecule has 0 spiro atoms. The highest BCUT2D eigenvalue weighted by Crippen LogP contribution is 2.29. The van der Waals surface area contributed by atoms with Crippen molar-refractivity contribution in [2.75, 3.05) is 13.2 Å². The minimum absolute atomic E-state index is 0.0803. The number of benzene rings is 2. The molecule has 2 rings (SSSR count). The largest absolute Gasteiger partial charge is 0.395 e. The number of rotatable bonds is 5. The Morgan fingerprint density at radius 1 is 1.00 bits per heavy atom. The minimum Gasteiger partial charge on any atom is -0.395 e. The molecule has 0 saturated carbocycles. The lowest BCUT2D eigenvalue weighted by Gasteiger charge is -2.31. The number of aryl methyl sites for hydroxylation is 1. The number of aliphatic hydroxyl groups excluding tert-OH is 2. The molecule has 0 amide bonds. The molecule has 0 unspecified atom stereocenters. The average molecular weight is 335 g/mol. The van der Waals surface area contributed by atoms with E-state index >= 15 is 0 Å². The highest BCUT2D eigenvalue weighted by Gasteiger charge is 2.31. The molecule has 3 heteroatoms. The van der Waals surface area contributed by atoms with Gasteiger partial charge < -0.3 is 10.2 Å². The van der Waals surface area contributed by atoms with Crippen molar-refractivity contribution in [1.29, 1.82) is 0 Å². The summed E-state index contributed by atoms with van der Waals surface area (Å²) in [6.07, 6.45) is 0.608. The quantitative estimate of drug-likeness (QED) is 0.881.